The van der Waals surface area contributed by atoms with E-state index in [-0.39, 0.29) is 23.7 Å². The van der Waals surface area contributed by atoms with Crippen LogP contribution in [0.2, 0.25) is 0 Å². The van der Waals surface area contributed by atoms with Crippen LogP contribution in [0.5, 0.6) is 5.75 Å². The predicted octanol–water partition coefficient (Wildman–Crippen LogP) is 3.27. The second-order valence-corrected chi connectivity index (χ2v) is 7.75. The molecule has 0 N–H and O–H groups in total. The summed E-state index contributed by atoms with van der Waals surface area (Å²) in [6.45, 7) is 3.52. The highest BCUT2D eigenvalue weighted by molar-refractivity contribution is 6.16. The highest BCUT2D eigenvalue weighted by atomic mass is 16.5. The van der Waals surface area contributed by atoms with Crippen LogP contribution in [-0.4, -0.2) is 49.5 Å². The Balaban J connectivity index is 1.51. The van der Waals surface area contributed by atoms with Crippen molar-refractivity contribution in [1.29, 1.82) is 0 Å². The number of likely N-dealkylation sites (tertiary alicyclic amines) is 1. The van der Waals surface area contributed by atoms with Crippen LogP contribution >= 0.6 is 0 Å². The monoisotopic (exact) mass is 422 g/mol. The summed E-state index contributed by atoms with van der Waals surface area (Å²) in [7, 11) is 1.60. The third-order valence-electron chi connectivity index (χ3n) is 5.95. The molecule has 162 valence electrons. The van der Waals surface area contributed by atoms with Crippen molar-refractivity contribution in [2.24, 2.45) is 5.92 Å². The fourth-order valence-corrected chi connectivity index (χ4v) is 4.26. The molecule has 0 aromatic heterocycles. The molecule has 1 saturated heterocycles. The van der Waals surface area contributed by atoms with Gasteiger partial charge in [0.15, 0.2) is 0 Å². The zero-order valence-corrected chi connectivity index (χ0v) is 17.8. The molecule has 4 rings (SSSR count). The van der Waals surface area contributed by atoms with E-state index in [1.54, 1.807) is 29.9 Å². The number of nitrogens with zero attached hydrogens (tertiary/aromatic N) is 2. The summed E-state index contributed by atoms with van der Waals surface area (Å²) < 4.78 is 10.3. The Hall–Kier alpha value is -3.35. The fraction of sp³-hybridized carbons (Fsp3) is 0.375. The van der Waals surface area contributed by atoms with E-state index in [0.717, 1.165) is 17.0 Å². The average molecular weight is 422 g/mol. The van der Waals surface area contributed by atoms with Crippen molar-refractivity contribution in [3.8, 4) is 5.75 Å². The molecule has 2 aliphatic heterocycles. The molecule has 1 fully saturated rings. The van der Waals surface area contributed by atoms with E-state index in [1.165, 1.54) is 0 Å². The van der Waals surface area contributed by atoms with E-state index < -0.39 is 0 Å². The van der Waals surface area contributed by atoms with E-state index in [9.17, 15) is 14.4 Å². The lowest BCUT2D eigenvalue weighted by molar-refractivity contribution is -0.149. The summed E-state index contributed by atoms with van der Waals surface area (Å²) in [5.41, 5.74) is 2.49. The minimum atomic E-state index is -0.194. The van der Waals surface area contributed by atoms with Gasteiger partial charge in [0.2, 0.25) is 0 Å². The molecule has 0 unspecified atom stereocenters. The molecule has 0 aliphatic carbocycles. The van der Waals surface area contributed by atoms with Crippen LogP contribution in [0.25, 0.3) is 0 Å². The first-order chi connectivity index (χ1) is 15.0. The first-order valence-electron chi connectivity index (χ1n) is 10.6. The molecule has 2 aromatic carbocycles. The van der Waals surface area contributed by atoms with E-state index in [1.807, 2.05) is 36.4 Å². The largest absolute Gasteiger partial charge is 0.497 e. The number of piperidine rings is 1. The van der Waals surface area contributed by atoms with Crippen molar-refractivity contribution in [2.75, 3.05) is 31.7 Å². The first-order valence-corrected chi connectivity index (χ1v) is 10.6. The van der Waals surface area contributed by atoms with Crippen LogP contribution in [0.15, 0.2) is 42.5 Å². The van der Waals surface area contributed by atoms with Gasteiger partial charge in [-0.05, 0) is 55.7 Å². The standard InChI is InChI=1S/C24H26N2O5/c1-3-31-24(29)16-11-13-25(14-12-16)22(27)20-6-4-5-17-15-26(23(28)21(17)20)18-7-9-19(30-2)10-8-18/h4-10,16H,3,11-15H2,1-2H3. The highest BCUT2D eigenvalue weighted by Gasteiger charge is 2.35. The highest BCUT2D eigenvalue weighted by Crippen LogP contribution is 2.32. The molecule has 0 radical (unpaired) electrons. The quantitative estimate of drug-likeness (QED) is 0.692. The Morgan fingerprint density at radius 1 is 1.06 bits per heavy atom. The lowest BCUT2D eigenvalue weighted by Gasteiger charge is -2.31. The van der Waals surface area contributed by atoms with Crippen LogP contribution in [0.1, 0.15) is 46.0 Å². The first kappa shape index (κ1) is 20.9. The summed E-state index contributed by atoms with van der Waals surface area (Å²) in [5.74, 6) is 0.0165. The Morgan fingerprint density at radius 2 is 1.77 bits per heavy atom. The summed E-state index contributed by atoms with van der Waals surface area (Å²) in [6.07, 6.45) is 1.15. The number of fused-ring (bicyclic) bond motifs is 1. The topological polar surface area (TPSA) is 76.2 Å². The lowest BCUT2D eigenvalue weighted by Crippen LogP contribution is -2.41. The van der Waals surface area contributed by atoms with Gasteiger partial charge in [0, 0.05) is 18.8 Å². The fourth-order valence-electron chi connectivity index (χ4n) is 4.26. The summed E-state index contributed by atoms with van der Waals surface area (Å²) in [4.78, 5) is 41.9. The SMILES string of the molecule is CCOC(=O)C1CCN(C(=O)c2cccc3c2C(=O)N(c2ccc(OC)cc2)C3)CC1. The van der Waals surface area contributed by atoms with Crippen LogP contribution in [0.3, 0.4) is 0 Å². The number of esters is 1. The number of amides is 2. The second-order valence-electron chi connectivity index (χ2n) is 7.75. The molecule has 0 bridgehead atoms. The van der Waals surface area contributed by atoms with Gasteiger partial charge >= 0.3 is 5.97 Å². The molecule has 2 aliphatic rings. The summed E-state index contributed by atoms with van der Waals surface area (Å²) in [5, 5.41) is 0. The number of hydrogen-bond donors (Lipinski definition) is 0. The second kappa shape index (κ2) is 8.79. The van der Waals surface area contributed by atoms with E-state index in [0.29, 0.717) is 50.2 Å². The minimum absolute atomic E-state index is 0.163. The van der Waals surface area contributed by atoms with Gasteiger partial charge in [-0.15, -0.1) is 0 Å². The van der Waals surface area contributed by atoms with Crippen molar-refractivity contribution in [2.45, 2.75) is 26.3 Å². The molecule has 0 atom stereocenters. The lowest BCUT2D eigenvalue weighted by atomic mass is 9.95. The van der Waals surface area contributed by atoms with Crippen molar-refractivity contribution >= 4 is 23.5 Å². The maximum atomic E-state index is 13.3. The van der Waals surface area contributed by atoms with Gasteiger partial charge in [0.25, 0.3) is 11.8 Å². The maximum absolute atomic E-state index is 13.3. The van der Waals surface area contributed by atoms with Gasteiger partial charge in [-0.25, -0.2) is 0 Å². The number of carbonyl (C=O) groups is 3. The number of anilines is 1. The van der Waals surface area contributed by atoms with E-state index in [4.69, 9.17) is 9.47 Å². The molecule has 7 nitrogen and oxygen atoms in total. The number of benzene rings is 2. The van der Waals surface area contributed by atoms with Crippen LogP contribution in [0.4, 0.5) is 5.69 Å². The Labute approximate surface area is 181 Å². The zero-order chi connectivity index (χ0) is 22.0. The van der Waals surface area contributed by atoms with E-state index in [2.05, 4.69) is 0 Å². The number of methoxy groups -OCH3 is 1. The molecule has 2 amide bonds. The van der Waals surface area contributed by atoms with Crippen LogP contribution in [-0.2, 0) is 16.1 Å². The van der Waals surface area contributed by atoms with E-state index >= 15 is 0 Å². The van der Waals surface area contributed by atoms with Crippen LogP contribution in [0, 0.1) is 5.92 Å². The maximum Gasteiger partial charge on any atom is 0.309 e. The number of hydrogen-bond acceptors (Lipinski definition) is 5. The van der Waals surface area contributed by atoms with Crippen LogP contribution < -0.4 is 9.64 Å². The Morgan fingerprint density at radius 3 is 2.42 bits per heavy atom. The summed E-state index contributed by atoms with van der Waals surface area (Å²) in [6, 6.07) is 12.7. The van der Waals surface area contributed by atoms with Gasteiger partial charge < -0.3 is 19.3 Å². The van der Waals surface area contributed by atoms with Gasteiger partial charge in [0.1, 0.15) is 5.75 Å². The minimum Gasteiger partial charge on any atom is -0.497 e. The average Bonchev–Trinajstić information content (AvgIpc) is 3.15. The van der Waals surface area contributed by atoms with Crippen molar-refractivity contribution in [3.63, 3.8) is 0 Å². The third-order valence-corrected chi connectivity index (χ3v) is 5.95. The molecule has 2 heterocycles. The molecule has 0 spiro atoms. The van der Waals surface area contributed by atoms with Gasteiger partial charge in [0.05, 0.1) is 37.3 Å². The van der Waals surface area contributed by atoms with Gasteiger partial charge in [-0.3, -0.25) is 14.4 Å². The molecular formula is C24H26N2O5. The third kappa shape index (κ3) is 4.00. The normalized spacial score (nSPS) is 16.3. The number of ether oxygens (including phenoxy) is 2. The zero-order valence-electron chi connectivity index (χ0n) is 17.8. The molecular weight excluding hydrogens is 396 g/mol. The van der Waals surface area contributed by atoms with Crippen molar-refractivity contribution < 1.29 is 23.9 Å². The van der Waals surface area contributed by atoms with Crippen molar-refractivity contribution in [1.82, 2.24) is 4.90 Å². The molecule has 7 heteroatoms. The number of rotatable bonds is 5. The Kier molecular flexibility index (Phi) is 5.93. The molecule has 31 heavy (non-hydrogen) atoms. The van der Waals surface area contributed by atoms with Gasteiger partial charge in [-0.2, -0.15) is 0 Å². The Bertz CT molecular complexity index is 994. The number of carbonyl (C=O) groups excluding carboxylic acids is 3. The summed E-state index contributed by atoms with van der Waals surface area (Å²) >= 11 is 0. The predicted molar refractivity (Wildman–Crippen MR) is 115 cm³/mol. The van der Waals surface area contributed by atoms with Crippen molar-refractivity contribution in [3.05, 3.63) is 59.2 Å². The molecule has 2 aromatic rings. The molecule has 0 saturated carbocycles. The smallest absolute Gasteiger partial charge is 0.309 e. The van der Waals surface area contributed by atoms with Gasteiger partial charge in [-0.1, -0.05) is 12.1 Å².